The maximum Gasteiger partial charge on any atom is 0.193 e. The second-order valence-corrected chi connectivity index (χ2v) is 5.41. The van der Waals surface area contributed by atoms with Crippen molar-refractivity contribution in [1.29, 1.82) is 0 Å². The normalized spacial score (nSPS) is 20.6. The smallest absolute Gasteiger partial charge is 0.193 e. The van der Waals surface area contributed by atoms with Crippen molar-refractivity contribution >= 4 is 11.6 Å². The Balaban J connectivity index is 1.87. The Morgan fingerprint density at radius 2 is 1.94 bits per heavy atom. The van der Waals surface area contributed by atoms with E-state index in [-0.39, 0.29) is 5.54 Å². The Hall–Kier alpha value is -0.470. The summed E-state index contributed by atoms with van der Waals surface area (Å²) in [6, 6.07) is 3.74. The summed E-state index contributed by atoms with van der Waals surface area (Å²) in [6.45, 7) is 3.10. The van der Waals surface area contributed by atoms with Gasteiger partial charge in [0.1, 0.15) is 5.76 Å². The maximum atomic E-state index is 5.75. The molecule has 0 amide bonds. The summed E-state index contributed by atoms with van der Waals surface area (Å²) in [5, 5.41) is 4.09. The van der Waals surface area contributed by atoms with Crippen LogP contribution in [0.5, 0.6) is 0 Å². The summed E-state index contributed by atoms with van der Waals surface area (Å²) in [5.74, 6) is 0.926. The maximum absolute atomic E-state index is 5.75. The highest BCUT2D eigenvalue weighted by Gasteiger charge is 2.24. The van der Waals surface area contributed by atoms with Crippen LogP contribution in [0.1, 0.15) is 51.2 Å². The van der Waals surface area contributed by atoms with Crippen molar-refractivity contribution in [2.24, 2.45) is 0 Å². The molecule has 0 aliphatic heterocycles. The molecule has 0 atom stereocenters. The molecule has 0 aromatic carbocycles. The molecule has 1 aromatic heterocycles. The molecule has 1 heterocycles. The molecule has 1 fully saturated rings. The predicted molar refractivity (Wildman–Crippen MR) is 66.7 cm³/mol. The van der Waals surface area contributed by atoms with E-state index >= 15 is 0 Å². The predicted octanol–water partition coefficient (Wildman–Crippen LogP) is 4.14. The Morgan fingerprint density at radius 3 is 2.50 bits per heavy atom. The Bertz CT molecular complexity index is 326. The van der Waals surface area contributed by atoms with Gasteiger partial charge >= 0.3 is 0 Å². The van der Waals surface area contributed by atoms with Gasteiger partial charge in [0.2, 0.25) is 0 Å². The van der Waals surface area contributed by atoms with E-state index in [9.17, 15) is 0 Å². The van der Waals surface area contributed by atoms with E-state index in [0.717, 1.165) is 12.3 Å². The van der Waals surface area contributed by atoms with Gasteiger partial charge in [-0.3, -0.25) is 0 Å². The van der Waals surface area contributed by atoms with Gasteiger partial charge in [0.25, 0.3) is 0 Å². The lowest BCUT2D eigenvalue weighted by molar-refractivity contribution is 0.298. The number of hydrogen-bond acceptors (Lipinski definition) is 2. The van der Waals surface area contributed by atoms with E-state index in [0.29, 0.717) is 5.22 Å². The van der Waals surface area contributed by atoms with E-state index in [1.54, 1.807) is 6.07 Å². The molecule has 16 heavy (non-hydrogen) atoms. The second-order valence-electron chi connectivity index (χ2n) is 5.03. The molecule has 1 aromatic rings. The van der Waals surface area contributed by atoms with Crippen LogP contribution in [0.15, 0.2) is 16.5 Å². The first-order valence-corrected chi connectivity index (χ1v) is 6.55. The zero-order valence-corrected chi connectivity index (χ0v) is 10.6. The van der Waals surface area contributed by atoms with Gasteiger partial charge in [-0.15, -0.1) is 0 Å². The lowest BCUT2D eigenvalue weighted by atomic mass is 9.92. The second kappa shape index (κ2) is 5.24. The van der Waals surface area contributed by atoms with Crippen molar-refractivity contribution in [3.8, 4) is 0 Å². The topological polar surface area (TPSA) is 25.2 Å². The molecule has 1 N–H and O–H groups in total. The molecular formula is C13H20ClNO. The third-order valence-electron chi connectivity index (χ3n) is 3.53. The van der Waals surface area contributed by atoms with Gasteiger partial charge in [-0.05, 0) is 43.5 Å². The zero-order valence-electron chi connectivity index (χ0n) is 9.89. The van der Waals surface area contributed by atoms with Crippen LogP contribution in [-0.2, 0) is 6.54 Å². The average Bonchev–Trinajstić information content (AvgIpc) is 2.54. The molecule has 2 rings (SSSR count). The quantitative estimate of drug-likeness (QED) is 0.805. The molecule has 2 nitrogen and oxygen atoms in total. The molecule has 0 saturated heterocycles. The first kappa shape index (κ1) is 12.0. The van der Waals surface area contributed by atoms with Crippen molar-refractivity contribution in [2.45, 2.75) is 57.5 Å². The van der Waals surface area contributed by atoms with E-state index < -0.39 is 0 Å². The Labute approximate surface area is 102 Å². The van der Waals surface area contributed by atoms with Crippen LogP contribution < -0.4 is 5.32 Å². The Morgan fingerprint density at radius 1 is 1.25 bits per heavy atom. The standard InChI is InChI=1S/C13H20ClNO/c1-13(8-4-2-3-5-9-13)15-10-11-6-7-12(14)16-11/h6-7,15H,2-5,8-10H2,1H3. The molecular weight excluding hydrogens is 222 g/mol. The average molecular weight is 242 g/mol. The van der Waals surface area contributed by atoms with Crippen molar-refractivity contribution in [1.82, 2.24) is 5.32 Å². The highest BCUT2D eigenvalue weighted by Crippen LogP contribution is 2.27. The third-order valence-corrected chi connectivity index (χ3v) is 3.73. The largest absolute Gasteiger partial charge is 0.448 e. The molecule has 1 aliphatic carbocycles. The van der Waals surface area contributed by atoms with Crippen molar-refractivity contribution in [3.05, 3.63) is 23.1 Å². The number of nitrogens with one attached hydrogen (secondary N) is 1. The van der Waals surface area contributed by atoms with Crippen LogP contribution in [-0.4, -0.2) is 5.54 Å². The van der Waals surface area contributed by atoms with Gasteiger partial charge in [0, 0.05) is 5.54 Å². The van der Waals surface area contributed by atoms with Gasteiger partial charge < -0.3 is 9.73 Å². The molecule has 1 aliphatic rings. The zero-order chi connectivity index (χ0) is 11.4. The summed E-state index contributed by atoms with van der Waals surface area (Å²) in [6.07, 6.45) is 7.96. The third kappa shape index (κ3) is 3.26. The van der Waals surface area contributed by atoms with Gasteiger partial charge in [-0.25, -0.2) is 0 Å². The van der Waals surface area contributed by atoms with E-state index in [4.69, 9.17) is 16.0 Å². The summed E-state index contributed by atoms with van der Waals surface area (Å²) in [5.41, 5.74) is 0.274. The minimum Gasteiger partial charge on any atom is -0.448 e. The summed E-state index contributed by atoms with van der Waals surface area (Å²) in [7, 11) is 0. The first-order chi connectivity index (χ1) is 7.68. The van der Waals surface area contributed by atoms with Gasteiger partial charge in [-0.1, -0.05) is 25.7 Å². The highest BCUT2D eigenvalue weighted by atomic mass is 35.5. The van der Waals surface area contributed by atoms with Crippen molar-refractivity contribution in [2.75, 3.05) is 0 Å². The van der Waals surface area contributed by atoms with Crippen LogP contribution in [0.3, 0.4) is 0 Å². The fourth-order valence-electron chi connectivity index (χ4n) is 2.43. The summed E-state index contributed by atoms with van der Waals surface area (Å²) < 4.78 is 5.35. The Kier molecular flexibility index (Phi) is 3.93. The monoisotopic (exact) mass is 241 g/mol. The van der Waals surface area contributed by atoms with Crippen molar-refractivity contribution < 1.29 is 4.42 Å². The molecule has 0 spiro atoms. The van der Waals surface area contributed by atoms with E-state index in [1.807, 2.05) is 6.07 Å². The molecule has 0 bridgehead atoms. The molecule has 0 radical (unpaired) electrons. The minimum atomic E-state index is 0.274. The van der Waals surface area contributed by atoms with Crippen molar-refractivity contribution in [3.63, 3.8) is 0 Å². The van der Waals surface area contributed by atoms with E-state index in [2.05, 4.69) is 12.2 Å². The summed E-state index contributed by atoms with van der Waals surface area (Å²) >= 11 is 5.75. The lowest BCUT2D eigenvalue weighted by Gasteiger charge is -2.29. The molecule has 90 valence electrons. The van der Waals surface area contributed by atoms with Crippen LogP contribution >= 0.6 is 11.6 Å². The van der Waals surface area contributed by atoms with Gasteiger partial charge in [-0.2, -0.15) is 0 Å². The van der Waals surface area contributed by atoms with E-state index in [1.165, 1.54) is 38.5 Å². The number of rotatable bonds is 3. The van der Waals surface area contributed by atoms with Crippen LogP contribution in [0.4, 0.5) is 0 Å². The molecule has 1 saturated carbocycles. The van der Waals surface area contributed by atoms with Gasteiger partial charge in [0.05, 0.1) is 6.54 Å². The van der Waals surface area contributed by atoms with Crippen LogP contribution in [0.25, 0.3) is 0 Å². The highest BCUT2D eigenvalue weighted by molar-refractivity contribution is 6.28. The first-order valence-electron chi connectivity index (χ1n) is 6.17. The number of furan rings is 1. The fourth-order valence-corrected chi connectivity index (χ4v) is 2.60. The lowest BCUT2D eigenvalue weighted by Crippen LogP contribution is -2.41. The number of hydrogen-bond donors (Lipinski definition) is 1. The molecule has 3 heteroatoms. The van der Waals surface area contributed by atoms with Crippen LogP contribution in [0.2, 0.25) is 5.22 Å². The van der Waals surface area contributed by atoms with Gasteiger partial charge in [0.15, 0.2) is 5.22 Å². The summed E-state index contributed by atoms with van der Waals surface area (Å²) in [4.78, 5) is 0. The number of halogens is 1. The molecule has 0 unspecified atom stereocenters. The minimum absolute atomic E-state index is 0.274. The fraction of sp³-hybridized carbons (Fsp3) is 0.692. The van der Waals surface area contributed by atoms with Crippen LogP contribution in [0, 0.1) is 0 Å². The SMILES string of the molecule is CC1(NCc2ccc(Cl)o2)CCCCCC1.